The highest BCUT2D eigenvalue weighted by atomic mass is 35.5. The van der Waals surface area contributed by atoms with Gasteiger partial charge in [-0.05, 0) is 42.9 Å². The van der Waals surface area contributed by atoms with Gasteiger partial charge in [-0.2, -0.15) is 0 Å². The maximum absolute atomic E-state index is 12.0. The molecule has 0 bridgehead atoms. The van der Waals surface area contributed by atoms with Crippen molar-refractivity contribution in [1.29, 1.82) is 0 Å². The molecule has 23 heavy (non-hydrogen) atoms. The van der Waals surface area contributed by atoms with Crippen LogP contribution < -0.4 is 5.32 Å². The Hall–Kier alpha value is -1.26. The summed E-state index contributed by atoms with van der Waals surface area (Å²) in [5.41, 5.74) is 1.68. The molecular weight excluding hydrogens is 355 g/mol. The van der Waals surface area contributed by atoms with Gasteiger partial charge in [-0.25, -0.2) is 0 Å². The largest absolute Gasteiger partial charge is 0.325 e. The van der Waals surface area contributed by atoms with Crippen molar-refractivity contribution < 1.29 is 4.79 Å². The number of nitrogens with one attached hydrogen (secondary N) is 1. The van der Waals surface area contributed by atoms with E-state index < -0.39 is 0 Å². The number of carbonyl (C=O) groups is 1. The van der Waals surface area contributed by atoms with Gasteiger partial charge in [0.25, 0.3) is 0 Å². The fourth-order valence-electron chi connectivity index (χ4n) is 2.08. The minimum Gasteiger partial charge on any atom is -0.325 e. The van der Waals surface area contributed by atoms with Gasteiger partial charge in [-0.1, -0.05) is 46.9 Å². The number of nitrogens with zero attached hydrogens (tertiary/aromatic N) is 1. The molecule has 0 atom stereocenters. The normalized spacial score (nSPS) is 10.8. The molecule has 2 aromatic rings. The zero-order chi connectivity index (χ0) is 16.8. The van der Waals surface area contributed by atoms with Crippen LogP contribution in [-0.2, 0) is 11.3 Å². The van der Waals surface area contributed by atoms with Gasteiger partial charge in [0.15, 0.2) is 0 Å². The second-order valence-electron chi connectivity index (χ2n) is 5.29. The van der Waals surface area contributed by atoms with Crippen molar-refractivity contribution in [1.82, 2.24) is 4.90 Å². The van der Waals surface area contributed by atoms with Crippen molar-refractivity contribution in [2.24, 2.45) is 0 Å². The first-order valence-electron chi connectivity index (χ1n) is 7.12. The smallest absolute Gasteiger partial charge is 0.225 e. The van der Waals surface area contributed by atoms with Crippen LogP contribution in [0.2, 0.25) is 15.1 Å². The van der Waals surface area contributed by atoms with E-state index in [0.29, 0.717) is 33.7 Å². The molecule has 6 heteroatoms. The van der Waals surface area contributed by atoms with Crippen LogP contribution >= 0.6 is 34.8 Å². The highest BCUT2D eigenvalue weighted by Crippen LogP contribution is 2.25. The Morgan fingerprint density at radius 1 is 1.04 bits per heavy atom. The van der Waals surface area contributed by atoms with E-state index >= 15 is 0 Å². The Balaban J connectivity index is 1.81. The minimum absolute atomic E-state index is 0.0999. The number of hydrogen-bond donors (Lipinski definition) is 1. The maximum Gasteiger partial charge on any atom is 0.225 e. The second kappa shape index (κ2) is 8.55. The fraction of sp³-hybridized carbons (Fsp3) is 0.235. The Morgan fingerprint density at radius 3 is 2.39 bits per heavy atom. The summed E-state index contributed by atoms with van der Waals surface area (Å²) in [6.07, 6.45) is 0.368. The summed E-state index contributed by atoms with van der Waals surface area (Å²) in [5, 5.41) is 4.50. The van der Waals surface area contributed by atoms with Gasteiger partial charge in [0.1, 0.15) is 0 Å². The molecular formula is C17H17Cl3N2O. The summed E-state index contributed by atoms with van der Waals surface area (Å²) >= 11 is 17.8. The van der Waals surface area contributed by atoms with E-state index in [0.717, 1.165) is 12.1 Å². The summed E-state index contributed by atoms with van der Waals surface area (Å²) in [4.78, 5) is 14.1. The number of anilines is 1. The Morgan fingerprint density at radius 2 is 1.70 bits per heavy atom. The van der Waals surface area contributed by atoms with Crippen LogP contribution in [-0.4, -0.2) is 24.4 Å². The van der Waals surface area contributed by atoms with E-state index in [1.165, 1.54) is 0 Å². The molecule has 0 aliphatic rings. The average molecular weight is 372 g/mol. The zero-order valence-electron chi connectivity index (χ0n) is 12.7. The zero-order valence-corrected chi connectivity index (χ0v) is 14.9. The third-order valence-electron chi connectivity index (χ3n) is 3.29. The van der Waals surface area contributed by atoms with Crippen LogP contribution in [0.1, 0.15) is 12.0 Å². The molecule has 1 N–H and O–H groups in total. The third-order valence-corrected chi connectivity index (χ3v) is 4.11. The lowest BCUT2D eigenvalue weighted by atomic mass is 10.2. The number of benzene rings is 2. The predicted molar refractivity (Wildman–Crippen MR) is 97.5 cm³/mol. The van der Waals surface area contributed by atoms with E-state index in [4.69, 9.17) is 34.8 Å². The molecule has 2 rings (SSSR count). The number of halogens is 3. The molecule has 0 spiro atoms. The highest BCUT2D eigenvalue weighted by Gasteiger charge is 2.08. The van der Waals surface area contributed by atoms with E-state index in [2.05, 4.69) is 10.2 Å². The molecule has 0 saturated carbocycles. The monoisotopic (exact) mass is 370 g/mol. The summed E-state index contributed by atoms with van der Waals surface area (Å²) in [6.45, 7) is 1.38. The molecule has 1 amide bonds. The summed E-state index contributed by atoms with van der Waals surface area (Å²) in [5.74, 6) is -0.0999. The van der Waals surface area contributed by atoms with Gasteiger partial charge in [0.2, 0.25) is 5.91 Å². The van der Waals surface area contributed by atoms with Crippen LogP contribution in [0.25, 0.3) is 0 Å². The van der Waals surface area contributed by atoms with Gasteiger partial charge >= 0.3 is 0 Å². The first kappa shape index (κ1) is 18.1. The molecule has 0 aliphatic carbocycles. The predicted octanol–water partition coefficient (Wildman–Crippen LogP) is 5.11. The van der Waals surface area contributed by atoms with Gasteiger partial charge in [0, 0.05) is 29.6 Å². The number of amides is 1. The van der Waals surface area contributed by atoms with Gasteiger partial charge in [0.05, 0.1) is 10.7 Å². The Bertz CT molecular complexity index is 674. The molecule has 122 valence electrons. The van der Waals surface area contributed by atoms with Crippen molar-refractivity contribution in [2.75, 3.05) is 18.9 Å². The second-order valence-corrected chi connectivity index (χ2v) is 6.57. The first-order chi connectivity index (χ1) is 10.9. The SMILES string of the molecule is CN(CCC(=O)Nc1cc(Cl)ccc1Cl)Cc1ccc(Cl)cc1. The van der Waals surface area contributed by atoms with E-state index in [9.17, 15) is 4.79 Å². The molecule has 0 saturated heterocycles. The van der Waals surface area contributed by atoms with Gasteiger partial charge in [-0.15, -0.1) is 0 Å². The van der Waals surface area contributed by atoms with Gasteiger partial charge in [-0.3, -0.25) is 4.79 Å². The van der Waals surface area contributed by atoms with Crippen LogP contribution in [0.5, 0.6) is 0 Å². The van der Waals surface area contributed by atoms with Gasteiger partial charge < -0.3 is 10.2 Å². The lowest BCUT2D eigenvalue weighted by Gasteiger charge is -2.16. The lowest BCUT2D eigenvalue weighted by Crippen LogP contribution is -2.24. The average Bonchev–Trinajstić information content (AvgIpc) is 2.51. The van der Waals surface area contributed by atoms with E-state index in [1.54, 1.807) is 18.2 Å². The van der Waals surface area contributed by atoms with Crippen LogP contribution in [0.4, 0.5) is 5.69 Å². The molecule has 3 nitrogen and oxygen atoms in total. The number of carbonyl (C=O) groups excluding carboxylic acids is 1. The molecule has 0 fully saturated rings. The molecule has 0 radical (unpaired) electrons. The molecule has 0 aromatic heterocycles. The van der Waals surface area contributed by atoms with Crippen molar-refractivity contribution in [3.8, 4) is 0 Å². The van der Waals surface area contributed by atoms with Crippen molar-refractivity contribution in [3.63, 3.8) is 0 Å². The minimum atomic E-state index is -0.0999. The quantitative estimate of drug-likeness (QED) is 0.765. The fourth-order valence-corrected chi connectivity index (χ4v) is 2.54. The highest BCUT2D eigenvalue weighted by molar-refractivity contribution is 6.35. The first-order valence-corrected chi connectivity index (χ1v) is 8.25. The molecule has 2 aromatic carbocycles. The standard InChI is InChI=1S/C17H17Cl3N2O/c1-22(11-12-2-4-13(18)5-3-12)9-8-17(23)21-16-10-14(19)6-7-15(16)20/h2-7,10H,8-9,11H2,1H3,(H,21,23). The number of rotatable bonds is 6. The molecule has 0 heterocycles. The summed E-state index contributed by atoms with van der Waals surface area (Å²) in [7, 11) is 1.97. The summed E-state index contributed by atoms with van der Waals surface area (Å²) < 4.78 is 0. The number of hydrogen-bond acceptors (Lipinski definition) is 2. The van der Waals surface area contributed by atoms with Crippen LogP contribution in [0, 0.1) is 0 Å². The van der Waals surface area contributed by atoms with Crippen molar-refractivity contribution in [2.45, 2.75) is 13.0 Å². The Kier molecular flexibility index (Phi) is 6.72. The summed E-state index contributed by atoms with van der Waals surface area (Å²) in [6, 6.07) is 12.7. The van der Waals surface area contributed by atoms with Crippen LogP contribution in [0.3, 0.4) is 0 Å². The molecule has 0 unspecified atom stereocenters. The van der Waals surface area contributed by atoms with E-state index in [-0.39, 0.29) is 5.91 Å². The Labute approximate surface area is 151 Å². The van der Waals surface area contributed by atoms with Crippen molar-refractivity contribution >= 4 is 46.4 Å². The van der Waals surface area contributed by atoms with Crippen LogP contribution in [0.15, 0.2) is 42.5 Å². The topological polar surface area (TPSA) is 32.3 Å². The van der Waals surface area contributed by atoms with E-state index in [1.807, 2.05) is 31.3 Å². The van der Waals surface area contributed by atoms with Crippen molar-refractivity contribution in [3.05, 3.63) is 63.1 Å². The molecule has 0 aliphatic heterocycles. The lowest BCUT2D eigenvalue weighted by molar-refractivity contribution is -0.116. The maximum atomic E-state index is 12.0. The third kappa shape index (κ3) is 6.04.